The number of nitrogens with zero attached hydrogens (tertiary/aromatic N) is 2. The van der Waals surface area contributed by atoms with Crippen LogP contribution in [0.4, 0.5) is 5.82 Å². The maximum atomic E-state index is 11.2. The number of hydrogen-bond donors (Lipinski definition) is 2. The maximum absolute atomic E-state index is 11.2. The summed E-state index contributed by atoms with van der Waals surface area (Å²) in [7, 11) is 1.65. The van der Waals surface area contributed by atoms with Crippen molar-refractivity contribution in [2.75, 3.05) is 5.32 Å². The van der Waals surface area contributed by atoms with E-state index in [1.165, 1.54) is 10.9 Å². The fourth-order valence-corrected chi connectivity index (χ4v) is 1.30. The number of aromatic nitrogens is 2. The van der Waals surface area contributed by atoms with Gasteiger partial charge in [-0.25, -0.2) is 4.79 Å². The van der Waals surface area contributed by atoms with Crippen molar-refractivity contribution in [3.8, 4) is 0 Å². The molecule has 0 aliphatic carbocycles. The molecular weight excluding hydrogens is 266 g/mol. The van der Waals surface area contributed by atoms with E-state index < -0.39 is 11.9 Å². The van der Waals surface area contributed by atoms with Crippen LogP contribution in [0, 0.1) is 0 Å². The molecule has 0 aliphatic rings. The molecule has 6 nitrogen and oxygen atoms in total. The largest absolute Gasteiger partial charge is 0.478 e. The highest BCUT2D eigenvalue weighted by Gasteiger charge is 2.07. The number of hydrogen-bond acceptors (Lipinski definition) is 3. The average Bonchev–Trinajstić information content (AvgIpc) is 2.46. The van der Waals surface area contributed by atoms with Gasteiger partial charge < -0.3 is 10.4 Å². The lowest BCUT2D eigenvalue weighted by atomic mass is 10.4. The molecule has 0 aromatic carbocycles. The van der Waals surface area contributed by atoms with E-state index in [1.807, 2.05) is 0 Å². The van der Waals surface area contributed by atoms with Gasteiger partial charge in [-0.2, -0.15) is 5.10 Å². The van der Waals surface area contributed by atoms with Crippen LogP contribution in [0.3, 0.4) is 0 Å². The molecule has 1 aromatic rings. The molecule has 15 heavy (non-hydrogen) atoms. The molecule has 1 aromatic heterocycles. The van der Waals surface area contributed by atoms with Crippen LogP contribution in [-0.4, -0.2) is 26.8 Å². The third kappa shape index (κ3) is 3.21. The van der Waals surface area contributed by atoms with Gasteiger partial charge in [0, 0.05) is 19.2 Å². The van der Waals surface area contributed by atoms with Crippen LogP contribution >= 0.6 is 15.9 Å². The molecule has 0 unspecified atom stereocenters. The predicted molar refractivity (Wildman–Crippen MR) is 56.3 cm³/mol. The van der Waals surface area contributed by atoms with Crippen LogP contribution in [0.15, 0.2) is 22.8 Å². The van der Waals surface area contributed by atoms with Crippen LogP contribution in [-0.2, 0) is 16.6 Å². The molecule has 0 saturated carbocycles. The minimum atomic E-state index is -1.17. The number of rotatable bonds is 3. The SMILES string of the molecule is Cn1ncc(Br)c1NC(=O)/C=C/C(=O)O. The lowest BCUT2D eigenvalue weighted by Gasteiger charge is -2.02. The van der Waals surface area contributed by atoms with E-state index in [0.29, 0.717) is 10.3 Å². The van der Waals surface area contributed by atoms with E-state index in [1.54, 1.807) is 7.05 Å². The van der Waals surface area contributed by atoms with Gasteiger partial charge in [-0.05, 0) is 15.9 Å². The Kier molecular flexibility index (Phi) is 3.62. The van der Waals surface area contributed by atoms with Gasteiger partial charge in [0.05, 0.1) is 10.7 Å². The highest BCUT2D eigenvalue weighted by atomic mass is 79.9. The average molecular weight is 274 g/mol. The molecule has 1 rings (SSSR count). The van der Waals surface area contributed by atoms with Crippen molar-refractivity contribution in [1.29, 1.82) is 0 Å². The van der Waals surface area contributed by atoms with Gasteiger partial charge >= 0.3 is 5.97 Å². The fourth-order valence-electron chi connectivity index (χ4n) is 0.857. The van der Waals surface area contributed by atoms with Crippen molar-refractivity contribution in [2.45, 2.75) is 0 Å². The van der Waals surface area contributed by atoms with Crippen LogP contribution in [0.2, 0.25) is 0 Å². The maximum Gasteiger partial charge on any atom is 0.328 e. The van der Waals surface area contributed by atoms with Crippen LogP contribution < -0.4 is 5.32 Å². The monoisotopic (exact) mass is 273 g/mol. The third-order valence-corrected chi connectivity index (χ3v) is 2.09. The summed E-state index contributed by atoms with van der Waals surface area (Å²) in [4.78, 5) is 21.3. The minimum Gasteiger partial charge on any atom is -0.478 e. The highest BCUT2D eigenvalue weighted by molar-refractivity contribution is 9.10. The van der Waals surface area contributed by atoms with Gasteiger partial charge in [0.2, 0.25) is 5.91 Å². The molecule has 0 bridgehead atoms. The van der Waals surface area contributed by atoms with E-state index in [-0.39, 0.29) is 0 Å². The Morgan fingerprint density at radius 3 is 2.73 bits per heavy atom. The molecule has 2 N–H and O–H groups in total. The summed E-state index contributed by atoms with van der Waals surface area (Å²) in [5, 5.41) is 14.7. The van der Waals surface area contributed by atoms with Crippen LogP contribution in [0.5, 0.6) is 0 Å². The molecule has 0 saturated heterocycles. The fraction of sp³-hybridized carbons (Fsp3) is 0.125. The van der Waals surface area contributed by atoms with Crippen molar-refractivity contribution < 1.29 is 14.7 Å². The smallest absolute Gasteiger partial charge is 0.328 e. The number of amides is 1. The number of carbonyl (C=O) groups excluding carboxylic acids is 1. The Bertz CT molecular complexity index is 405. The molecular formula is C8H8BrN3O3. The Hall–Kier alpha value is -1.63. The van der Waals surface area contributed by atoms with Crippen LogP contribution in [0.1, 0.15) is 0 Å². The van der Waals surface area contributed by atoms with Gasteiger partial charge in [-0.3, -0.25) is 9.48 Å². The first kappa shape index (κ1) is 11.4. The number of carboxylic acid groups (broad SMARTS) is 1. The zero-order valence-electron chi connectivity index (χ0n) is 7.77. The van der Waals surface area contributed by atoms with Crippen molar-refractivity contribution in [3.05, 3.63) is 22.8 Å². The van der Waals surface area contributed by atoms with Crippen molar-refractivity contribution >= 4 is 33.6 Å². The van der Waals surface area contributed by atoms with Crippen molar-refractivity contribution in [3.63, 3.8) is 0 Å². The first-order valence-corrected chi connectivity index (χ1v) is 4.69. The van der Waals surface area contributed by atoms with E-state index >= 15 is 0 Å². The molecule has 0 fully saturated rings. The van der Waals surface area contributed by atoms with Crippen molar-refractivity contribution in [1.82, 2.24) is 9.78 Å². The predicted octanol–water partition coefficient (Wildman–Crippen LogP) is 0.762. The summed E-state index contributed by atoms with van der Waals surface area (Å²) >= 11 is 3.19. The second-order valence-corrected chi connectivity index (χ2v) is 3.48. The molecule has 0 spiro atoms. The Balaban J connectivity index is 2.71. The summed E-state index contributed by atoms with van der Waals surface area (Å²) in [5.74, 6) is -1.23. The van der Waals surface area contributed by atoms with E-state index in [2.05, 4.69) is 26.3 Å². The lowest BCUT2D eigenvalue weighted by Crippen LogP contribution is -2.12. The number of aliphatic carboxylic acids is 1. The molecule has 7 heteroatoms. The molecule has 0 radical (unpaired) electrons. The Morgan fingerprint density at radius 1 is 1.60 bits per heavy atom. The van der Waals surface area contributed by atoms with E-state index in [4.69, 9.17) is 5.11 Å². The van der Waals surface area contributed by atoms with Gasteiger partial charge in [0.1, 0.15) is 5.82 Å². The second kappa shape index (κ2) is 4.74. The highest BCUT2D eigenvalue weighted by Crippen LogP contribution is 2.20. The summed E-state index contributed by atoms with van der Waals surface area (Å²) in [5.41, 5.74) is 0. The Morgan fingerprint density at radius 2 is 2.27 bits per heavy atom. The lowest BCUT2D eigenvalue weighted by molar-refractivity contribution is -0.131. The normalized spacial score (nSPS) is 10.5. The Labute approximate surface area is 93.7 Å². The summed E-state index contributed by atoms with van der Waals surface area (Å²) in [6.07, 6.45) is 3.22. The van der Waals surface area contributed by atoms with Gasteiger partial charge in [-0.15, -0.1) is 0 Å². The molecule has 0 atom stereocenters. The van der Waals surface area contributed by atoms with Crippen molar-refractivity contribution in [2.24, 2.45) is 7.05 Å². The first-order chi connectivity index (χ1) is 7.00. The molecule has 1 amide bonds. The first-order valence-electron chi connectivity index (χ1n) is 3.90. The quantitative estimate of drug-likeness (QED) is 0.797. The van der Waals surface area contributed by atoms with E-state index in [9.17, 15) is 9.59 Å². The molecule has 80 valence electrons. The standard InChI is InChI=1S/C8H8BrN3O3/c1-12-8(5(9)4-10-12)11-6(13)2-3-7(14)15/h2-4H,1H3,(H,11,13)(H,14,15)/b3-2+. The number of carbonyl (C=O) groups is 2. The number of nitrogens with one attached hydrogen (secondary N) is 1. The zero-order valence-corrected chi connectivity index (χ0v) is 9.35. The second-order valence-electron chi connectivity index (χ2n) is 2.63. The van der Waals surface area contributed by atoms with Crippen LogP contribution in [0.25, 0.3) is 0 Å². The minimum absolute atomic E-state index is 0.468. The topological polar surface area (TPSA) is 84.2 Å². The number of anilines is 1. The summed E-state index contributed by atoms with van der Waals surface area (Å²) in [6, 6.07) is 0. The van der Waals surface area contributed by atoms with Gasteiger partial charge in [-0.1, -0.05) is 0 Å². The molecule has 0 aliphatic heterocycles. The molecule has 1 heterocycles. The number of aryl methyl sites for hydroxylation is 1. The summed E-state index contributed by atoms with van der Waals surface area (Å²) in [6.45, 7) is 0. The van der Waals surface area contributed by atoms with Gasteiger partial charge in [0.15, 0.2) is 0 Å². The summed E-state index contributed by atoms with van der Waals surface area (Å²) < 4.78 is 2.08. The number of carboxylic acids is 1. The number of halogens is 1. The van der Waals surface area contributed by atoms with E-state index in [0.717, 1.165) is 12.2 Å². The third-order valence-electron chi connectivity index (χ3n) is 1.51. The van der Waals surface area contributed by atoms with Gasteiger partial charge in [0.25, 0.3) is 0 Å². The zero-order chi connectivity index (χ0) is 11.4.